The monoisotopic (exact) mass is 634 g/mol. The summed E-state index contributed by atoms with van der Waals surface area (Å²) in [5.41, 5.74) is 2.45. The lowest BCUT2D eigenvalue weighted by molar-refractivity contribution is -0.142. The molecule has 0 radical (unpaired) electrons. The Morgan fingerprint density at radius 2 is 1.07 bits per heavy atom. The molecular weight excluding hydrogens is 586 g/mol. The highest BCUT2D eigenvalue weighted by Crippen LogP contribution is 2.47. The van der Waals surface area contributed by atoms with Crippen LogP contribution in [0.5, 0.6) is 11.5 Å². The highest BCUT2D eigenvalue weighted by atomic mass is 31.2. The molecule has 3 heterocycles. The normalized spacial score (nSPS) is 20.4. The average Bonchev–Trinajstić information content (AvgIpc) is 2.96. The van der Waals surface area contributed by atoms with Crippen molar-refractivity contribution in [3.63, 3.8) is 0 Å². The van der Waals surface area contributed by atoms with Crippen molar-refractivity contribution in [2.45, 2.75) is 59.3 Å². The Morgan fingerprint density at radius 1 is 0.651 bits per heavy atom. The molecule has 0 saturated carbocycles. The van der Waals surface area contributed by atoms with Crippen LogP contribution < -0.4 is 9.05 Å². The Kier molecular flexibility index (Phi) is 11.1. The van der Waals surface area contributed by atoms with Crippen LogP contribution in [0.3, 0.4) is 0 Å². The molecule has 0 N–H and O–H groups in total. The molecular formula is C33H48O8P2. The third kappa shape index (κ3) is 7.91. The van der Waals surface area contributed by atoms with Crippen molar-refractivity contribution in [3.05, 3.63) is 59.7 Å². The van der Waals surface area contributed by atoms with Gasteiger partial charge >= 0.3 is 8.60 Å². The summed E-state index contributed by atoms with van der Waals surface area (Å²) in [4.78, 5) is 0. The molecule has 3 aliphatic rings. The van der Waals surface area contributed by atoms with Crippen molar-refractivity contribution >= 4 is 17.6 Å². The van der Waals surface area contributed by atoms with E-state index in [0.29, 0.717) is 19.8 Å². The summed E-state index contributed by atoms with van der Waals surface area (Å²) < 4.78 is 46.9. The van der Waals surface area contributed by atoms with Gasteiger partial charge in [0.1, 0.15) is 11.5 Å². The highest BCUT2D eigenvalue weighted by molar-refractivity contribution is 7.42. The summed E-state index contributed by atoms with van der Waals surface area (Å²) >= 11 is 0. The van der Waals surface area contributed by atoms with Gasteiger partial charge in [-0.25, -0.2) is 0 Å². The van der Waals surface area contributed by atoms with Gasteiger partial charge in [-0.1, -0.05) is 58.9 Å². The zero-order valence-corrected chi connectivity index (χ0v) is 28.2. The van der Waals surface area contributed by atoms with Gasteiger partial charge in [0.05, 0.1) is 59.5 Å². The summed E-state index contributed by atoms with van der Waals surface area (Å²) in [5, 5.41) is 0. The molecule has 2 aromatic carbocycles. The van der Waals surface area contributed by atoms with E-state index >= 15 is 0 Å². The van der Waals surface area contributed by atoms with Gasteiger partial charge in [0.15, 0.2) is 0 Å². The van der Waals surface area contributed by atoms with Crippen LogP contribution in [-0.2, 0) is 33.2 Å². The molecule has 10 heteroatoms. The Hall–Kier alpha value is -1.34. The third-order valence-corrected chi connectivity index (χ3v) is 11.2. The molecule has 0 amide bonds. The van der Waals surface area contributed by atoms with E-state index < -0.39 is 8.60 Å². The fourth-order valence-electron chi connectivity index (χ4n) is 5.19. The zero-order valence-electron chi connectivity index (χ0n) is 26.3. The van der Waals surface area contributed by atoms with Crippen molar-refractivity contribution in [2.75, 3.05) is 59.5 Å². The predicted octanol–water partition coefficient (Wildman–Crippen LogP) is 7.84. The molecule has 2 aromatic rings. The number of hydrogen-bond acceptors (Lipinski definition) is 8. The maximum absolute atomic E-state index is 6.31. The smallest absolute Gasteiger partial charge is 0.397 e. The molecule has 0 bridgehead atoms. The van der Waals surface area contributed by atoms with Gasteiger partial charge in [0, 0.05) is 21.7 Å². The molecule has 0 spiro atoms. The largest absolute Gasteiger partial charge is 0.450 e. The summed E-state index contributed by atoms with van der Waals surface area (Å²) in [7, 11) is -1.59. The van der Waals surface area contributed by atoms with Crippen molar-refractivity contribution in [2.24, 2.45) is 16.2 Å². The minimum atomic E-state index is -1.56. The maximum atomic E-state index is 6.31. The van der Waals surface area contributed by atoms with Crippen LogP contribution in [0.25, 0.3) is 0 Å². The quantitative estimate of drug-likeness (QED) is 0.121. The fourth-order valence-corrected chi connectivity index (χ4v) is 7.08. The Balaban J connectivity index is 1.16. The summed E-state index contributed by atoms with van der Waals surface area (Å²) in [6.07, 6.45) is 3.06. The molecule has 1 unspecified atom stereocenters. The molecule has 1 atom stereocenters. The molecule has 8 nitrogen and oxygen atoms in total. The molecule has 3 fully saturated rings. The Bertz CT molecular complexity index is 1100. The van der Waals surface area contributed by atoms with Gasteiger partial charge in [-0.15, -0.1) is 0 Å². The third-order valence-electron chi connectivity index (χ3n) is 9.58. The second-order valence-corrected chi connectivity index (χ2v) is 14.9. The molecule has 3 saturated heterocycles. The molecule has 3 aliphatic heterocycles. The minimum Gasteiger partial charge on any atom is -0.450 e. The van der Waals surface area contributed by atoms with E-state index in [4.69, 9.17) is 36.8 Å². The molecule has 43 heavy (non-hydrogen) atoms. The first-order valence-electron chi connectivity index (χ1n) is 15.5. The van der Waals surface area contributed by atoms with Gasteiger partial charge in [-0.05, 0) is 54.7 Å². The van der Waals surface area contributed by atoms with Crippen LogP contribution in [0.1, 0.15) is 65.0 Å². The molecule has 238 valence electrons. The SMILES string of the molecule is CCC1(COPOc2ccc(C(C)(C)c3ccc(OP(OCC4(CC)COC4)OCC4(CC)COC4)cc3)cc2)COC1. The number of ether oxygens (including phenoxy) is 3. The summed E-state index contributed by atoms with van der Waals surface area (Å²) in [6, 6.07) is 16.5. The van der Waals surface area contributed by atoms with Gasteiger partial charge in [0.25, 0.3) is 0 Å². The summed E-state index contributed by atoms with van der Waals surface area (Å²) in [6.45, 7) is 17.2. The Morgan fingerprint density at radius 3 is 1.47 bits per heavy atom. The van der Waals surface area contributed by atoms with E-state index in [1.165, 1.54) is 11.1 Å². The topological polar surface area (TPSA) is 73.8 Å². The van der Waals surface area contributed by atoms with Gasteiger partial charge in [-0.3, -0.25) is 0 Å². The number of hydrogen-bond donors (Lipinski definition) is 0. The number of rotatable bonds is 18. The first kappa shape index (κ1) is 33.0. The van der Waals surface area contributed by atoms with E-state index in [1.54, 1.807) is 0 Å². The van der Waals surface area contributed by atoms with Crippen LogP contribution in [0, 0.1) is 16.2 Å². The van der Waals surface area contributed by atoms with E-state index in [0.717, 1.165) is 70.4 Å². The van der Waals surface area contributed by atoms with E-state index in [1.807, 2.05) is 24.3 Å². The van der Waals surface area contributed by atoms with Crippen molar-refractivity contribution in [1.82, 2.24) is 0 Å². The number of benzene rings is 2. The Labute approximate surface area is 260 Å². The molecule has 5 rings (SSSR count). The summed E-state index contributed by atoms with van der Waals surface area (Å²) in [5.74, 6) is 1.54. The van der Waals surface area contributed by atoms with E-state index in [9.17, 15) is 0 Å². The average molecular weight is 635 g/mol. The van der Waals surface area contributed by atoms with E-state index in [2.05, 4.69) is 58.9 Å². The lowest BCUT2D eigenvalue weighted by Gasteiger charge is -2.42. The van der Waals surface area contributed by atoms with Crippen molar-refractivity contribution in [1.29, 1.82) is 0 Å². The molecule has 0 aliphatic carbocycles. The zero-order chi connectivity index (χ0) is 30.4. The van der Waals surface area contributed by atoms with E-state index in [-0.39, 0.29) is 30.7 Å². The van der Waals surface area contributed by atoms with Crippen molar-refractivity contribution < 1.29 is 36.8 Å². The minimum absolute atomic E-state index is 0.0267. The van der Waals surface area contributed by atoms with Gasteiger partial charge in [0.2, 0.25) is 9.03 Å². The van der Waals surface area contributed by atoms with Crippen LogP contribution in [0.2, 0.25) is 0 Å². The second kappa shape index (κ2) is 14.4. The first-order valence-corrected chi connectivity index (χ1v) is 17.4. The van der Waals surface area contributed by atoms with Crippen LogP contribution in [0.4, 0.5) is 0 Å². The maximum Gasteiger partial charge on any atom is 0.397 e. The lowest BCUT2D eigenvalue weighted by atomic mass is 9.78. The van der Waals surface area contributed by atoms with Crippen LogP contribution >= 0.6 is 17.6 Å². The standard InChI is InChI=1S/C33H48O8P2/c1-6-31(17-34-18-31)23-37-42-40-28-13-9-26(10-14-28)30(4,5)27-11-15-29(16-12-27)41-43(38-24-32(7-2)19-35-20-32)39-25-33(8-3)21-36-22-33/h9-16,42H,6-8,17-25H2,1-5H3. The molecule has 0 aromatic heterocycles. The van der Waals surface area contributed by atoms with Crippen LogP contribution in [-0.4, -0.2) is 59.5 Å². The highest BCUT2D eigenvalue weighted by Gasteiger charge is 2.41. The lowest BCUT2D eigenvalue weighted by Crippen LogP contribution is -2.46. The predicted molar refractivity (Wildman–Crippen MR) is 170 cm³/mol. The first-order chi connectivity index (χ1) is 20.7. The second-order valence-electron chi connectivity index (χ2n) is 13.0. The van der Waals surface area contributed by atoms with Crippen molar-refractivity contribution in [3.8, 4) is 11.5 Å². The fraction of sp³-hybridized carbons (Fsp3) is 0.636. The van der Waals surface area contributed by atoms with Crippen LogP contribution in [0.15, 0.2) is 48.5 Å². The van der Waals surface area contributed by atoms with Gasteiger partial charge in [-0.2, -0.15) is 0 Å². The van der Waals surface area contributed by atoms with Gasteiger partial charge < -0.3 is 36.8 Å².